The van der Waals surface area contributed by atoms with Crippen molar-refractivity contribution in [3.05, 3.63) is 23.8 Å². The van der Waals surface area contributed by atoms with Crippen LogP contribution in [-0.2, 0) is 6.42 Å². The van der Waals surface area contributed by atoms with Gasteiger partial charge in [0.2, 0.25) is 0 Å². The van der Waals surface area contributed by atoms with Crippen molar-refractivity contribution in [1.29, 1.82) is 0 Å². The van der Waals surface area contributed by atoms with Gasteiger partial charge in [0.15, 0.2) is 0 Å². The summed E-state index contributed by atoms with van der Waals surface area (Å²) in [5, 5.41) is 6.08. The number of benzene rings is 1. The summed E-state index contributed by atoms with van der Waals surface area (Å²) in [6.07, 6.45) is 4.24. The van der Waals surface area contributed by atoms with Gasteiger partial charge in [-0.3, -0.25) is 0 Å². The van der Waals surface area contributed by atoms with E-state index in [4.69, 9.17) is 4.74 Å². The zero-order valence-corrected chi connectivity index (χ0v) is 12.1. The summed E-state index contributed by atoms with van der Waals surface area (Å²) >= 11 is 0. The Labute approximate surface area is 124 Å². The van der Waals surface area contributed by atoms with Gasteiger partial charge in [-0.25, -0.2) is 4.79 Å². The largest absolute Gasteiger partial charge is 0.493 e. The van der Waals surface area contributed by atoms with Crippen LogP contribution in [0.25, 0.3) is 0 Å². The smallest absolute Gasteiger partial charge is 0.315 e. The van der Waals surface area contributed by atoms with Crippen LogP contribution in [0.1, 0.15) is 24.8 Å². The van der Waals surface area contributed by atoms with E-state index in [9.17, 15) is 4.79 Å². The molecule has 0 unspecified atom stereocenters. The number of anilines is 1. The lowest BCUT2D eigenvalue weighted by atomic mass is 10.1. The van der Waals surface area contributed by atoms with Crippen LogP contribution in [0.4, 0.5) is 10.5 Å². The highest BCUT2D eigenvalue weighted by molar-refractivity contribution is 5.75. The van der Waals surface area contributed by atoms with Gasteiger partial charge in [0.25, 0.3) is 0 Å². The summed E-state index contributed by atoms with van der Waals surface area (Å²) in [5.74, 6) is 1.02. The zero-order valence-electron chi connectivity index (χ0n) is 12.1. The third-order valence-corrected chi connectivity index (χ3v) is 4.49. The van der Waals surface area contributed by atoms with Crippen molar-refractivity contribution in [2.24, 2.45) is 0 Å². The van der Waals surface area contributed by atoms with E-state index in [0.717, 1.165) is 51.1 Å². The Bertz CT molecular complexity index is 556. The third-order valence-electron chi connectivity index (χ3n) is 4.49. The molecule has 0 bridgehead atoms. The number of hydrogen-bond acceptors (Lipinski definition) is 3. The molecular weight excluding hydrogens is 266 g/mol. The Hall–Kier alpha value is -1.91. The monoisotopic (exact) mass is 287 g/mol. The van der Waals surface area contributed by atoms with E-state index in [1.165, 1.54) is 11.3 Å². The topological polar surface area (TPSA) is 53.6 Å². The minimum absolute atomic E-state index is 0.00836. The van der Waals surface area contributed by atoms with Crippen molar-refractivity contribution in [3.8, 4) is 5.75 Å². The first-order valence-corrected chi connectivity index (χ1v) is 7.86. The molecule has 0 aromatic heterocycles. The minimum atomic E-state index is -0.00836. The van der Waals surface area contributed by atoms with E-state index < -0.39 is 0 Å². The molecule has 4 rings (SSSR count). The van der Waals surface area contributed by atoms with Crippen LogP contribution in [0, 0.1) is 0 Å². The number of fused-ring (bicyclic) bond motifs is 1. The van der Waals surface area contributed by atoms with E-state index in [-0.39, 0.29) is 12.1 Å². The Morgan fingerprint density at radius 3 is 2.90 bits per heavy atom. The molecule has 1 atom stereocenters. The third kappa shape index (κ3) is 2.64. The second-order valence-corrected chi connectivity index (χ2v) is 6.18. The lowest BCUT2D eigenvalue weighted by molar-refractivity contribution is 0.237. The van der Waals surface area contributed by atoms with Crippen LogP contribution in [0.5, 0.6) is 5.75 Å². The molecule has 2 fully saturated rings. The standard InChI is InChI=1S/C16H21N3O2/c20-16(17-11-4-5-11)18-12-6-8-19(10-12)14-2-1-3-15-13(14)7-9-21-15/h1-3,11-12H,4-10H2,(H2,17,18,20)/t12-/m1/s1. The van der Waals surface area contributed by atoms with Crippen molar-refractivity contribution in [2.75, 3.05) is 24.6 Å². The minimum Gasteiger partial charge on any atom is -0.493 e. The number of hydrogen-bond donors (Lipinski definition) is 2. The first-order valence-electron chi connectivity index (χ1n) is 7.86. The Balaban J connectivity index is 1.39. The fraction of sp³-hybridized carbons (Fsp3) is 0.562. The SMILES string of the molecule is O=C(NC1CC1)N[C@@H]1CCN(c2cccc3c2CCO3)C1. The molecular formula is C16H21N3O2. The van der Waals surface area contributed by atoms with Crippen LogP contribution in [0.15, 0.2) is 18.2 Å². The van der Waals surface area contributed by atoms with Gasteiger partial charge >= 0.3 is 6.03 Å². The molecule has 1 saturated carbocycles. The summed E-state index contributed by atoms with van der Waals surface area (Å²) in [6.45, 7) is 2.66. The Morgan fingerprint density at radius 1 is 1.19 bits per heavy atom. The van der Waals surface area contributed by atoms with Crippen molar-refractivity contribution >= 4 is 11.7 Å². The Kier molecular flexibility index (Phi) is 3.13. The van der Waals surface area contributed by atoms with Gasteiger partial charge in [-0.15, -0.1) is 0 Å². The predicted molar refractivity (Wildman–Crippen MR) is 80.9 cm³/mol. The van der Waals surface area contributed by atoms with Crippen LogP contribution in [0.3, 0.4) is 0 Å². The number of amides is 2. The maximum Gasteiger partial charge on any atom is 0.315 e. The zero-order chi connectivity index (χ0) is 14.2. The molecule has 1 aromatic rings. The van der Waals surface area contributed by atoms with Crippen molar-refractivity contribution < 1.29 is 9.53 Å². The number of rotatable bonds is 3. The highest BCUT2D eigenvalue weighted by atomic mass is 16.5. The van der Waals surface area contributed by atoms with Gasteiger partial charge in [0.05, 0.1) is 6.61 Å². The lowest BCUT2D eigenvalue weighted by Gasteiger charge is -2.21. The number of ether oxygens (including phenoxy) is 1. The van der Waals surface area contributed by atoms with E-state index in [0.29, 0.717) is 6.04 Å². The van der Waals surface area contributed by atoms with Crippen LogP contribution < -0.4 is 20.3 Å². The van der Waals surface area contributed by atoms with Crippen molar-refractivity contribution in [3.63, 3.8) is 0 Å². The molecule has 1 saturated heterocycles. The fourth-order valence-electron chi connectivity index (χ4n) is 3.24. The number of carbonyl (C=O) groups excluding carboxylic acids is 1. The van der Waals surface area contributed by atoms with Gasteiger partial charge in [-0.2, -0.15) is 0 Å². The molecule has 2 aliphatic heterocycles. The molecule has 21 heavy (non-hydrogen) atoms. The predicted octanol–water partition coefficient (Wildman–Crippen LogP) is 1.66. The second kappa shape index (κ2) is 5.13. The number of nitrogens with zero attached hydrogens (tertiary/aromatic N) is 1. The van der Waals surface area contributed by atoms with Gasteiger partial charge in [0, 0.05) is 42.8 Å². The van der Waals surface area contributed by atoms with Crippen LogP contribution in [-0.4, -0.2) is 37.8 Å². The van der Waals surface area contributed by atoms with Crippen LogP contribution >= 0.6 is 0 Å². The number of carbonyl (C=O) groups is 1. The van der Waals surface area contributed by atoms with E-state index >= 15 is 0 Å². The molecule has 112 valence electrons. The molecule has 2 amide bonds. The normalized spacial score (nSPS) is 23.6. The Morgan fingerprint density at radius 2 is 2.05 bits per heavy atom. The summed E-state index contributed by atoms with van der Waals surface area (Å²) < 4.78 is 5.63. The van der Waals surface area contributed by atoms with E-state index in [1.807, 2.05) is 6.07 Å². The molecule has 5 heteroatoms. The maximum atomic E-state index is 11.8. The summed E-state index contributed by atoms with van der Waals surface area (Å²) in [5.41, 5.74) is 2.59. The molecule has 0 radical (unpaired) electrons. The highest BCUT2D eigenvalue weighted by Crippen LogP contribution is 2.35. The first-order chi connectivity index (χ1) is 10.3. The molecule has 1 aromatic carbocycles. The molecule has 5 nitrogen and oxygen atoms in total. The lowest BCUT2D eigenvalue weighted by Crippen LogP contribution is -2.44. The first kappa shape index (κ1) is 12.8. The molecule has 2 N–H and O–H groups in total. The van der Waals surface area contributed by atoms with Crippen LogP contribution in [0.2, 0.25) is 0 Å². The average molecular weight is 287 g/mol. The summed E-state index contributed by atoms with van der Waals surface area (Å²) in [6, 6.07) is 6.91. The summed E-state index contributed by atoms with van der Waals surface area (Å²) in [7, 11) is 0. The molecule has 3 aliphatic rings. The van der Waals surface area contributed by atoms with Gasteiger partial charge in [-0.1, -0.05) is 6.07 Å². The molecule has 0 spiro atoms. The fourth-order valence-corrected chi connectivity index (χ4v) is 3.24. The van der Waals surface area contributed by atoms with Gasteiger partial charge < -0.3 is 20.3 Å². The quantitative estimate of drug-likeness (QED) is 0.889. The summed E-state index contributed by atoms with van der Waals surface area (Å²) in [4.78, 5) is 14.2. The number of nitrogens with one attached hydrogen (secondary N) is 2. The van der Waals surface area contributed by atoms with E-state index in [1.54, 1.807) is 0 Å². The highest BCUT2D eigenvalue weighted by Gasteiger charge is 2.29. The molecule has 1 aliphatic carbocycles. The average Bonchev–Trinajstić information content (AvgIpc) is 2.99. The maximum absolute atomic E-state index is 11.8. The van der Waals surface area contributed by atoms with Gasteiger partial charge in [0.1, 0.15) is 5.75 Å². The molecule has 2 heterocycles. The second-order valence-electron chi connectivity index (χ2n) is 6.18. The van der Waals surface area contributed by atoms with E-state index in [2.05, 4.69) is 27.7 Å². The van der Waals surface area contributed by atoms with Crippen molar-refractivity contribution in [2.45, 2.75) is 37.8 Å². The van der Waals surface area contributed by atoms with Crippen molar-refractivity contribution in [1.82, 2.24) is 10.6 Å². The van der Waals surface area contributed by atoms with Gasteiger partial charge in [-0.05, 0) is 31.4 Å². The number of urea groups is 1.